The molecule has 0 atom stereocenters. The predicted octanol–water partition coefficient (Wildman–Crippen LogP) is 5.59. The number of hydrogen-bond donors (Lipinski definition) is 0. The Balaban J connectivity index is 1.49. The maximum Gasteiger partial charge on any atom is 0.123 e. The van der Waals surface area contributed by atoms with E-state index >= 15 is 0 Å². The average Bonchev–Trinajstić information content (AvgIpc) is 2.76. The Morgan fingerprint density at radius 1 is 0.759 bits per heavy atom. The molecule has 1 aliphatic heterocycles. The monoisotopic (exact) mass is 388 g/mol. The molecule has 0 radical (unpaired) electrons. The highest BCUT2D eigenvalue weighted by molar-refractivity contribution is 5.63. The van der Waals surface area contributed by atoms with Crippen LogP contribution in [0.3, 0.4) is 0 Å². The third-order valence-corrected chi connectivity index (χ3v) is 5.95. The quantitative estimate of drug-likeness (QED) is 0.543. The van der Waals surface area contributed by atoms with E-state index in [1.165, 1.54) is 49.2 Å². The first-order chi connectivity index (χ1) is 14.2. The van der Waals surface area contributed by atoms with Crippen LogP contribution in [0.2, 0.25) is 0 Å². The first-order valence-electron chi connectivity index (χ1n) is 10.5. The Morgan fingerprint density at radius 2 is 1.28 bits per heavy atom. The molecule has 1 saturated heterocycles. The summed E-state index contributed by atoms with van der Waals surface area (Å²) in [5, 5.41) is 0. The van der Waals surface area contributed by atoms with Gasteiger partial charge in [-0.1, -0.05) is 66.7 Å². The summed E-state index contributed by atoms with van der Waals surface area (Å²) in [5.74, 6) is -0.194. The van der Waals surface area contributed by atoms with E-state index in [0.29, 0.717) is 6.04 Å². The van der Waals surface area contributed by atoms with Gasteiger partial charge in [-0.25, -0.2) is 4.39 Å². The Hall–Kier alpha value is -2.49. The zero-order valence-corrected chi connectivity index (χ0v) is 17.1. The fourth-order valence-corrected chi connectivity index (χ4v) is 4.17. The molecule has 0 N–H and O–H groups in total. The standard InChI is InChI=1S/C26H29FN2/c1-28-17-15-26(16-18-28)29(19-21-5-3-2-4-6-21)20-22-7-9-23(10-8-22)24-11-13-25(27)14-12-24/h2-14,26H,15-20H2,1H3. The molecule has 29 heavy (non-hydrogen) atoms. The molecule has 0 bridgehead atoms. The molecule has 1 aliphatic rings. The van der Waals surface area contributed by atoms with Gasteiger partial charge in [-0.2, -0.15) is 0 Å². The lowest BCUT2D eigenvalue weighted by Crippen LogP contribution is -2.43. The molecule has 0 aliphatic carbocycles. The Bertz CT molecular complexity index is 882. The summed E-state index contributed by atoms with van der Waals surface area (Å²) in [6.07, 6.45) is 2.44. The fourth-order valence-electron chi connectivity index (χ4n) is 4.17. The number of rotatable bonds is 6. The molecular formula is C26H29FN2. The van der Waals surface area contributed by atoms with E-state index in [9.17, 15) is 4.39 Å². The van der Waals surface area contributed by atoms with Gasteiger partial charge in [0, 0.05) is 19.1 Å². The van der Waals surface area contributed by atoms with Crippen LogP contribution in [0.4, 0.5) is 4.39 Å². The number of piperidine rings is 1. The van der Waals surface area contributed by atoms with E-state index in [4.69, 9.17) is 0 Å². The summed E-state index contributed by atoms with van der Waals surface area (Å²) < 4.78 is 13.2. The van der Waals surface area contributed by atoms with E-state index in [2.05, 4.69) is 71.4 Å². The van der Waals surface area contributed by atoms with Crippen molar-refractivity contribution in [2.45, 2.75) is 32.0 Å². The molecule has 0 saturated carbocycles. The van der Waals surface area contributed by atoms with Gasteiger partial charge in [0.25, 0.3) is 0 Å². The molecule has 4 rings (SSSR count). The van der Waals surface area contributed by atoms with Crippen molar-refractivity contribution in [1.82, 2.24) is 9.80 Å². The van der Waals surface area contributed by atoms with Crippen LogP contribution < -0.4 is 0 Å². The maximum absolute atomic E-state index is 13.2. The second kappa shape index (κ2) is 9.34. The van der Waals surface area contributed by atoms with Crippen LogP contribution in [0, 0.1) is 5.82 Å². The number of nitrogens with zero attached hydrogens (tertiary/aromatic N) is 2. The highest BCUT2D eigenvalue weighted by atomic mass is 19.1. The first kappa shape index (κ1) is 19.8. The SMILES string of the molecule is CN1CCC(N(Cc2ccccc2)Cc2ccc(-c3ccc(F)cc3)cc2)CC1. The molecule has 0 amide bonds. The van der Waals surface area contributed by atoms with E-state index < -0.39 is 0 Å². The van der Waals surface area contributed by atoms with Crippen molar-refractivity contribution < 1.29 is 4.39 Å². The molecule has 2 nitrogen and oxygen atoms in total. The van der Waals surface area contributed by atoms with E-state index in [-0.39, 0.29) is 5.82 Å². The summed E-state index contributed by atoms with van der Waals surface area (Å²) >= 11 is 0. The van der Waals surface area contributed by atoms with Gasteiger partial charge in [-0.05, 0) is 67.4 Å². The average molecular weight is 389 g/mol. The van der Waals surface area contributed by atoms with Gasteiger partial charge < -0.3 is 4.90 Å². The van der Waals surface area contributed by atoms with Crippen LogP contribution in [-0.2, 0) is 13.1 Å². The minimum absolute atomic E-state index is 0.194. The largest absolute Gasteiger partial charge is 0.306 e. The number of hydrogen-bond acceptors (Lipinski definition) is 2. The number of likely N-dealkylation sites (tertiary alicyclic amines) is 1. The van der Waals surface area contributed by atoms with Crippen LogP contribution in [-0.4, -0.2) is 36.0 Å². The molecule has 0 aromatic heterocycles. The summed E-state index contributed by atoms with van der Waals surface area (Å²) in [7, 11) is 2.21. The zero-order valence-electron chi connectivity index (χ0n) is 17.1. The van der Waals surface area contributed by atoms with Crippen LogP contribution in [0.15, 0.2) is 78.9 Å². The van der Waals surface area contributed by atoms with E-state index in [1.54, 1.807) is 0 Å². The summed E-state index contributed by atoms with van der Waals surface area (Å²) in [6, 6.07) is 26.8. The smallest absolute Gasteiger partial charge is 0.123 e. The third-order valence-electron chi connectivity index (χ3n) is 5.95. The maximum atomic E-state index is 13.2. The lowest BCUT2D eigenvalue weighted by molar-refractivity contribution is 0.108. The minimum atomic E-state index is -0.194. The number of halogens is 1. The van der Waals surface area contributed by atoms with Crippen LogP contribution in [0.25, 0.3) is 11.1 Å². The van der Waals surface area contributed by atoms with Crippen LogP contribution in [0.5, 0.6) is 0 Å². The molecule has 3 heteroatoms. The first-order valence-corrected chi connectivity index (χ1v) is 10.5. The van der Waals surface area contributed by atoms with Crippen molar-refractivity contribution >= 4 is 0 Å². The molecule has 1 fully saturated rings. The summed E-state index contributed by atoms with van der Waals surface area (Å²) in [4.78, 5) is 5.06. The molecule has 0 unspecified atom stereocenters. The topological polar surface area (TPSA) is 6.48 Å². The van der Waals surface area contributed by atoms with Crippen molar-refractivity contribution in [3.05, 3.63) is 95.8 Å². The van der Waals surface area contributed by atoms with Crippen molar-refractivity contribution in [1.29, 1.82) is 0 Å². The normalized spacial score (nSPS) is 15.7. The van der Waals surface area contributed by atoms with Crippen molar-refractivity contribution in [3.8, 4) is 11.1 Å². The number of benzene rings is 3. The van der Waals surface area contributed by atoms with Crippen LogP contribution >= 0.6 is 0 Å². The van der Waals surface area contributed by atoms with Gasteiger partial charge in [0.2, 0.25) is 0 Å². The van der Waals surface area contributed by atoms with Gasteiger partial charge in [0.15, 0.2) is 0 Å². The Labute approximate surface area is 173 Å². The highest BCUT2D eigenvalue weighted by Gasteiger charge is 2.23. The van der Waals surface area contributed by atoms with Crippen molar-refractivity contribution in [2.24, 2.45) is 0 Å². The van der Waals surface area contributed by atoms with Crippen LogP contribution in [0.1, 0.15) is 24.0 Å². The molecule has 3 aromatic carbocycles. The van der Waals surface area contributed by atoms with E-state index in [1.807, 2.05) is 12.1 Å². The van der Waals surface area contributed by atoms with E-state index in [0.717, 1.165) is 24.2 Å². The zero-order chi connectivity index (χ0) is 20.1. The third kappa shape index (κ3) is 5.31. The Morgan fingerprint density at radius 3 is 1.86 bits per heavy atom. The summed E-state index contributed by atoms with van der Waals surface area (Å²) in [6.45, 7) is 4.26. The lowest BCUT2D eigenvalue weighted by atomic mass is 10.0. The molecule has 3 aromatic rings. The minimum Gasteiger partial charge on any atom is -0.306 e. The van der Waals surface area contributed by atoms with Gasteiger partial charge >= 0.3 is 0 Å². The molecule has 1 heterocycles. The predicted molar refractivity (Wildman–Crippen MR) is 118 cm³/mol. The van der Waals surface area contributed by atoms with Gasteiger partial charge in [0.05, 0.1) is 0 Å². The molecular weight excluding hydrogens is 359 g/mol. The molecule has 0 spiro atoms. The fraction of sp³-hybridized carbons (Fsp3) is 0.308. The summed E-state index contributed by atoms with van der Waals surface area (Å²) in [5.41, 5.74) is 4.87. The van der Waals surface area contributed by atoms with Gasteiger partial charge in [-0.3, -0.25) is 4.90 Å². The highest BCUT2D eigenvalue weighted by Crippen LogP contribution is 2.24. The lowest BCUT2D eigenvalue weighted by Gasteiger charge is -2.37. The van der Waals surface area contributed by atoms with Crippen molar-refractivity contribution in [2.75, 3.05) is 20.1 Å². The van der Waals surface area contributed by atoms with Gasteiger partial charge in [0.1, 0.15) is 5.82 Å². The second-order valence-electron chi connectivity index (χ2n) is 8.13. The molecule has 150 valence electrons. The Kier molecular flexibility index (Phi) is 6.38. The van der Waals surface area contributed by atoms with Crippen molar-refractivity contribution in [3.63, 3.8) is 0 Å². The van der Waals surface area contributed by atoms with Gasteiger partial charge in [-0.15, -0.1) is 0 Å². The second-order valence-corrected chi connectivity index (χ2v) is 8.13.